The molecule has 5 rings (SSSR count). The van der Waals surface area contributed by atoms with Crippen molar-refractivity contribution in [3.8, 4) is 0 Å². The average molecular weight is 408 g/mol. The molecule has 2 aromatic heterocycles. The molecule has 5 aromatic rings. The fourth-order valence-electron chi connectivity index (χ4n) is 3.99. The van der Waals surface area contributed by atoms with E-state index in [1.165, 1.54) is 0 Å². The van der Waals surface area contributed by atoms with Gasteiger partial charge in [0.1, 0.15) is 11.1 Å². The molecule has 0 aliphatic heterocycles. The predicted molar refractivity (Wildman–Crippen MR) is 121 cm³/mol. The Kier molecular flexibility index (Phi) is 4.84. The molecule has 1 atom stereocenters. The molecule has 2 N–H and O–H groups in total. The number of nitrogens with one attached hydrogen (secondary N) is 2. The molecule has 0 fully saturated rings. The Morgan fingerprint density at radius 2 is 1.68 bits per heavy atom. The van der Waals surface area contributed by atoms with E-state index in [0.29, 0.717) is 17.5 Å². The number of aromatic nitrogens is 1. The van der Waals surface area contributed by atoms with Crippen LogP contribution in [0, 0.1) is 0 Å². The molecule has 0 saturated carbocycles. The molecule has 0 spiro atoms. The monoisotopic (exact) mass is 408 g/mol. The van der Waals surface area contributed by atoms with Crippen LogP contribution in [0.1, 0.15) is 27.4 Å². The molecule has 0 unspecified atom stereocenters. The highest BCUT2D eigenvalue weighted by Crippen LogP contribution is 2.30. The van der Waals surface area contributed by atoms with Crippen LogP contribution in [0.15, 0.2) is 100 Å². The molecule has 2 heterocycles. The van der Waals surface area contributed by atoms with Crippen LogP contribution in [0.5, 0.6) is 0 Å². The van der Waals surface area contributed by atoms with Gasteiger partial charge < -0.3 is 14.7 Å². The quantitative estimate of drug-likeness (QED) is 0.409. The Bertz CT molecular complexity index is 1430. The van der Waals surface area contributed by atoms with E-state index in [1.54, 1.807) is 18.2 Å². The lowest BCUT2D eigenvalue weighted by Crippen LogP contribution is -2.32. The van der Waals surface area contributed by atoms with Crippen molar-refractivity contribution < 1.29 is 9.21 Å². The Morgan fingerprint density at radius 3 is 2.55 bits per heavy atom. The Hall–Kier alpha value is -4.12. The van der Waals surface area contributed by atoms with Gasteiger partial charge in [0.2, 0.25) is 0 Å². The first-order valence-electron chi connectivity index (χ1n) is 10.1. The zero-order valence-corrected chi connectivity index (χ0v) is 16.7. The largest absolute Gasteiger partial charge is 0.422 e. The van der Waals surface area contributed by atoms with Gasteiger partial charge in [-0.25, -0.2) is 4.79 Å². The minimum atomic E-state index is -0.639. The van der Waals surface area contributed by atoms with Crippen molar-refractivity contribution in [1.82, 2.24) is 10.3 Å². The molecule has 0 aliphatic carbocycles. The van der Waals surface area contributed by atoms with Crippen LogP contribution in [0.25, 0.3) is 21.9 Å². The van der Waals surface area contributed by atoms with E-state index in [4.69, 9.17) is 4.42 Å². The summed E-state index contributed by atoms with van der Waals surface area (Å²) in [7, 11) is 0. The molecule has 5 nitrogen and oxygen atoms in total. The third kappa shape index (κ3) is 3.62. The van der Waals surface area contributed by atoms with Crippen molar-refractivity contribution in [2.45, 2.75) is 5.92 Å². The van der Waals surface area contributed by atoms with Gasteiger partial charge in [0.25, 0.3) is 5.91 Å². The van der Waals surface area contributed by atoms with E-state index in [2.05, 4.69) is 16.4 Å². The van der Waals surface area contributed by atoms with Crippen molar-refractivity contribution >= 4 is 27.8 Å². The van der Waals surface area contributed by atoms with Gasteiger partial charge in [-0.3, -0.25) is 4.79 Å². The number of fused-ring (bicyclic) bond motifs is 2. The first kappa shape index (κ1) is 18.9. The summed E-state index contributed by atoms with van der Waals surface area (Å²) in [6, 6.07) is 26.8. The lowest BCUT2D eigenvalue weighted by Gasteiger charge is -2.18. The zero-order valence-electron chi connectivity index (χ0n) is 16.7. The van der Waals surface area contributed by atoms with Crippen molar-refractivity contribution in [1.29, 1.82) is 0 Å². The Balaban J connectivity index is 1.47. The number of hydrogen-bond donors (Lipinski definition) is 2. The number of para-hydroxylation sites is 2. The number of aromatic amines is 1. The number of hydrogen-bond acceptors (Lipinski definition) is 3. The van der Waals surface area contributed by atoms with Crippen LogP contribution in [-0.2, 0) is 0 Å². The number of rotatable bonds is 5. The molecule has 1 amide bonds. The molecule has 0 bridgehead atoms. The summed E-state index contributed by atoms with van der Waals surface area (Å²) in [6.07, 6.45) is 1.98. The van der Waals surface area contributed by atoms with E-state index in [1.807, 2.05) is 66.9 Å². The van der Waals surface area contributed by atoms with Crippen molar-refractivity contribution in [3.63, 3.8) is 0 Å². The van der Waals surface area contributed by atoms with Crippen molar-refractivity contribution in [3.05, 3.63) is 118 Å². The fourth-order valence-corrected chi connectivity index (χ4v) is 3.99. The van der Waals surface area contributed by atoms with Gasteiger partial charge in [0, 0.05) is 34.9 Å². The lowest BCUT2D eigenvalue weighted by atomic mass is 9.91. The van der Waals surface area contributed by atoms with Crippen LogP contribution in [-0.4, -0.2) is 17.4 Å². The SMILES string of the molecule is O=C(NC[C@H](c1ccccc1)c1c[nH]c2ccccc12)c1cc2ccccc2oc1=O. The summed E-state index contributed by atoms with van der Waals surface area (Å²) in [4.78, 5) is 28.6. The first-order valence-corrected chi connectivity index (χ1v) is 10.1. The number of benzene rings is 3. The van der Waals surface area contributed by atoms with Gasteiger partial charge >= 0.3 is 5.63 Å². The molecule has 5 heteroatoms. The second kappa shape index (κ2) is 7.95. The third-order valence-corrected chi connectivity index (χ3v) is 5.55. The van der Waals surface area contributed by atoms with Crippen LogP contribution in [0.3, 0.4) is 0 Å². The average Bonchev–Trinajstić information content (AvgIpc) is 3.23. The van der Waals surface area contributed by atoms with Gasteiger partial charge in [-0.15, -0.1) is 0 Å². The van der Waals surface area contributed by atoms with E-state index in [0.717, 1.165) is 22.0 Å². The Labute approximate surface area is 178 Å². The summed E-state index contributed by atoms with van der Waals surface area (Å²) in [5.74, 6) is -0.519. The number of carbonyl (C=O) groups excluding carboxylic acids is 1. The number of carbonyl (C=O) groups is 1. The first-order chi connectivity index (χ1) is 15.2. The maximum absolute atomic E-state index is 12.9. The highest BCUT2D eigenvalue weighted by atomic mass is 16.4. The van der Waals surface area contributed by atoms with Crippen LogP contribution in [0.2, 0.25) is 0 Å². The normalized spacial score (nSPS) is 12.1. The van der Waals surface area contributed by atoms with Crippen molar-refractivity contribution in [2.75, 3.05) is 6.54 Å². The minimum Gasteiger partial charge on any atom is -0.422 e. The van der Waals surface area contributed by atoms with E-state index >= 15 is 0 Å². The molecule has 3 aromatic carbocycles. The van der Waals surface area contributed by atoms with Gasteiger partial charge in [-0.1, -0.05) is 66.7 Å². The minimum absolute atomic E-state index is 0.00411. The van der Waals surface area contributed by atoms with Crippen LogP contribution < -0.4 is 10.9 Å². The molecule has 0 saturated heterocycles. The molecule has 0 aliphatic rings. The van der Waals surface area contributed by atoms with Gasteiger partial charge in [-0.2, -0.15) is 0 Å². The van der Waals surface area contributed by atoms with E-state index < -0.39 is 11.5 Å². The second-order valence-corrected chi connectivity index (χ2v) is 7.45. The topological polar surface area (TPSA) is 75.1 Å². The molecule has 152 valence electrons. The Morgan fingerprint density at radius 1 is 0.935 bits per heavy atom. The standard InChI is InChI=1S/C26H20N2O3/c29-25(20-14-18-10-4-7-13-24(18)31-26(20)30)28-15-21(17-8-2-1-3-9-17)22-16-27-23-12-6-5-11-19(22)23/h1-14,16,21,27H,15H2,(H,28,29)/t21-/m1/s1. The number of H-pyrrole nitrogens is 1. The van der Waals surface area contributed by atoms with Gasteiger partial charge in [0.05, 0.1) is 0 Å². The smallest absolute Gasteiger partial charge is 0.349 e. The summed E-state index contributed by atoms with van der Waals surface area (Å²) < 4.78 is 5.31. The van der Waals surface area contributed by atoms with Gasteiger partial charge in [-0.05, 0) is 29.3 Å². The summed E-state index contributed by atoms with van der Waals surface area (Å²) in [5, 5.41) is 4.76. The summed E-state index contributed by atoms with van der Waals surface area (Å²) in [5.41, 5.74) is 3.04. The summed E-state index contributed by atoms with van der Waals surface area (Å²) >= 11 is 0. The maximum atomic E-state index is 12.9. The zero-order chi connectivity index (χ0) is 21.2. The van der Waals surface area contributed by atoms with Crippen LogP contribution in [0.4, 0.5) is 0 Å². The second-order valence-electron chi connectivity index (χ2n) is 7.45. The highest BCUT2D eigenvalue weighted by molar-refractivity contribution is 5.96. The molecular formula is C26H20N2O3. The highest BCUT2D eigenvalue weighted by Gasteiger charge is 2.20. The molecule has 31 heavy (non-hydrogen) atoms. The molecular weight excluding hydrogens is 388 g/mol. The lowest BCUT2D eigenvalue weighted by molar-refractivity contribution is 0.0949. The number of amides is 1. The fraction of sp³-hybridized carbons (Fsp3) is 0.0769. The molecule has 0 radical (unpaired) electrons. The van der Waals surface area contributed by atoms with E-state index in [9.17, 15) is 9.59 Å². The predicted octanol–water partition coefficient (Wildman–Crippen LogP) is 4.84. The summed E-state index contributed by atoms with van der Waals surface area (Å²) in [6.45, 7) is 0.344. The maximum Gasteiger partial charge on any atom is 0.349 e. The third-order valence-electron chi connectivity index (χ3n) is 5.55. The van der Waals surface area contributed by atoms with Gasteiger partial charge in [0.15, 0.2) is 0 Å². The van der Waals surface area contributed by atoms with Crippen molar-refractivity contribution in [2.24, 2.45) is 0 Å². The van der Waals surface area contributed by atoms with Crippen LogP contribution >= 0.6 is 0 Å². The van der Waals surface area contributed by atoms with E-state index in [-0.39, 0.29) is 11.5 Å².